The second-order valence-corrected chi connectivity index (χ2v) is 9.30. The van der Waals surface area contributed by atoms with Crippen molar-refractivity contribution in [3.8, 4) is 5.75 Å². The lowest BCUT2D eigenvalue weighted by atomic mass is 9.94. The Labute approximate surface area is 212 Å². The molecule has 1 N–H and O–H groups in total. The van der Waals surface area contributed by atoms with Gasteiger partial charge in [-0.15, -0.1) is 0 Å². The molecule has 1 aliphatic rings. The smallest absolute Gasteiger partial charge is 0.261 e. The Kier molecular flexibility index (Phi) is 9.09. The standard InChI is InChI=1S/C30H33FN2O3/c31-25-16-18-27(19-17-25)36-22-29(34)33(21-24-12-6-2-7-13-24)28(20-23-10-4-1-5-11-23)30(35)32-26-14-8-3-9-15-26/h1-2,4-7,10-13,16-19,26,28H,3,8-9,14-15,20-22H2,(H,32,35)/t28-/m0/s1. The molecule has 0 radical (unpaired) electrons. The van der Waals surface area contributed by atoms with Crippen LogP contribution in [0.4, 0.5) is 4.39 Å². The van der Waals surface area contributed by atoms with Gasteiger partial charge in [0.25, 0.3) is 5.91 Å². The van der Waals surface area contributed by atoms with E-state index in [1.165, 1.54) is 30.7 Å². The Bertz CT molecular complexity index is 1100. The van der Waals surface area contributed by atoms with Crippen molar-refractivity contribution < 1.29 is 18.7 Å². The van der Waals surface area contributed by atoms with Crippen LogP contribution in [0, 0.1) is 5.82 Å². The number of nitrogens with one attached hydrogen (secondary N) is 1. The lowest BCUT2D eigenvalue weighted by Gasteiger charge is -2.33. The van der Waals surface area contributed by atoms with Crippen molar-refractivity contribution in [1.29, 1.82) is 0 Å². The molecule has 3 aromatic rings. The summed E-state index contributed by atoms with van der Waals surface area (Å²) in [5, 5.41) is 3.23. The summed E-state index contributed by atoms with van der Waals surface area (Å²) in [4.78, 5) is 28.9. The van der Waals surface area contributed by atoms with Crippen molar-refractivity contribution in [3.05, 3.63) is 102 Å². The molecule has 1 saturated carbocycles. The van der Waals surface area contributed by atoms with Crippen LogP contribution in [0.1, 0.15) is 43.2 Å². The first-order valence-electron chi connectivity index (χ1n) is 12.6. The molecule has 0 spiro atoms. The summed E-state index contributed by atoms with van der Waals surface area (Å²) >= 11 is 0. The van der Waals surface area contributed by atoms with Crippen LogP contribution in [0.5, 0.6) is 5.75 Å². The molecule has 0 saturated heterocycles. The van der Waals surface area contributed by atoms with Gasteiger partial charge >= 0.3 is 0 Å². The van der Waals surface area contributed by atoms with Gasteiger partial charge in [0, 0.05) is 19.0 Å². The van der Waals surface area contributed by atoms with Crippen molar-refractivity contribution in [2.45, 2.75) is 57.2 Å². The molecule has 4 rings (SSSR count). The molecule has 0 bridgehead atoms. The van der Waals surface area contributed by atoms with Crippen molar-refractivity contribution in [1.82, 2.24) is 10.2 Å². The average Bonchev–Trinajstić information content (AvgIpc) is 2.92. The zero-order valence-electron chi connectivity index (χ0n) is 20.4. The van der Waals surface area contributed by atoms with Gasteiger partial charge in [-0.2, -0.15) is 0 Å². The van der Waals surface area contributed by atoms with Gasteiger partial charge in [0.05, 0.1) is 0 Å². The lowest BCUT2D eigenvalue weighted by molar-refractivity contribution is -0.143. The number of amides is 2. The number of carbonyl (C=O) groups is 2. The highest BCUT2D eigenvalue weighted by molar-refractivity contribution is 5.88. The predicted molar refractivity (Wildman–Crippen MR) is 138 cm³/mol. The number of halogens is 1. The van der Waals surface area contributed by atoms with Gasteiger partial charge < -0.3 is 15.0 Å². The largest absolute Gasteiger partial charge is 0.484 e. The quantitative estimate of drug-likeness (QED) is 0.422. The van der Waals surface area contributed by atoms with Crippen LogP contribution in [-0.4, -0.2) is 35.4 Å². The predicted octanol–water partition coefficient (Wildman–Crippen LogP) is 5.29. The number of rotatable bonds is 10. The van der Waals surface area contributed by atoms with E-state index in [4.69, 9.17) is 4.74 Å². The molecule has 0 aromatic heterocycles. The minimum Gasteiger partial charge on any atom is -0.484 e. The van der Waals surface area contributed by atoms with E-state index in [1.807, 2.05) is 60.7 Å². The molecule has 1 atom stereocenters. The maximum atomic E-state index is 13.7. The molecule has 0 aliphatic heterocycles. The van der Waals surface area contributed by atoms with Crippen LogP contribution < -0.4 is 10.1 Å². The van der Waals surface area contributed by atoms with Gasteiger partial charge in [-0.25, -0.2) is 4.39 Å². The van der Waals surface area contributed by atoms with E-state index in [0.717, 1.165) is 36.8 Å². The second kappa shape index (κ2) is 12.9. The first kappa shape index (κ1) is 25.4. The van der Waals surface area contributed by atoms with E-state index < -0.39 is 6.04 Å². The maximum absolute atomic E-state index is 13.7. The van der Waals surface area contributed by atoms with Crippen LogP contribution in [0.15, 0.2) is 84.9 Å². The fourth-order valence-electron chi connectivity index (χ4n) is 4.64. The molecule has 0 heterocycles. The molecular weight excluding hydrogens is 455 g/mol. The van der Waals surface area contributed by atoms with Gasteiger partial charge in [-0.05, 0) is 48.2 Å². The summed E-state index contributed by atoms with van der Waals surface area (Å²) in [7, 11) is 0. The molecular formula is C30H33FN2O3. The summed E-state index contributed by atoms with van der Waals surface area (Å²) < 4.78 is 19.0. The molecule has 2 amide bonds. The SMILES string of the molecule is O=C(NC1CCCCC1)[C@H](Cc1ccccc1)N(Cc1ccccc1)C(=O)COc1ccc(F)cc1. The van der Waals surface area contributed by atoms with Gasteiger partial charge in [0.15, 0.2) is 6.61 Å². The van der Waals surface area contributed by atoms with E-state index in [1.54, 1.807) is 4.90 Å². The minimum absolute atomic E-state index is 0.133. The highest BCUT2D eigenvalue weighted by Crippen LogP contribution is 2.20. The van der Waals surface area contributed by atoms with Crippen LogP contribution in [0.3, 0.4) is 0 Å². The fourth-order valence-corrected chi connectivity index (χ4v) is 4.64. The number of ether oxygens (including phenoxy) is 1. The summed E-state index contributed by atoms with van der Waals surface area (Å²) in [5.74, 6) is -0.419. The Morgan fingerprint density at radius 1 is 0.861 bits per heavy atom. The molecule has 5 nitrogen and oxygen atoms in total. The molecule has 188 valence electrons. The number of carbonyl (C=O) groups excluding carboxylic acids is 2. The van der Waals surface area contributed by atoms with E-state index in [9.17, 15) is 14.0 Å². The van der Waals surface area contributed by atoms with Gasteiger partial charge in [0.1, 0.15) is 17.6 Å². The van der Waals surface area contributed by atoms with Crippen molar-refractivity contribution in [2.75, 3.05) is 6.61 Å². The third kappa shape index (κ3) is 7.41. The Morgan fingerprint density at radius 3 is 2.11 bits per heavy atom. The number of hydrogen-bond acceptors (Lipinski definition) is 3. The van der Waals surface area contributed by atoms with Crippen molar-refractivity contribution >= 4 is 11.8 Å². The lowest BCUT2D eigenvalue weighted by Crippen LogP contribution is -2.53. The van der Waals surface area contributed by atoms with E-state index in [-0.39, 0.29) is 36.8 Å². The maximum Gasteiger partial charge on any atom is 0.261 e. The van der Waals surface area contributed by atoms with Crippen molar-refractivity contribution in [3.63, 3.8) is 0 Å². The Hall–Kier alpha value is -3.67. The molecule has 1 aliphatic carbocycles. The van der Waals surface area contributed by atoms with Crippen LogP contribution in [0.2, 0.25) is 0 Å². The minimum atomic E-state index is -0.696. The average molecular weight is 489 g/mol. The number of benzene rings is 3. The van der Waals surface area contributed by atoms with E-state index in [2.05, 4.69) is 5.32 Å². The normalized spacial score (nSPS) is 14.6. The zero-order valence-corrected chi connectivity index (χ0v) is 20.4. The first-order chi connectivity index (χ1) is 17.6. The summed E-state index contributed by atoms with van der Waals surface area (Å²) in [6.07, 6.45) is 5.72. The van der Waals surface area contributed by atoms with E-state index in [0.29, 0.717) is 12.2 Å². The van der Waals surface area contributed by atoms with Crippen molar-refractivity contribution in [2.24, 2.45) is 0 Å². The third-order valence-corrected chi connectivity index (χ3v) is 6.59. The zero-order chi connectivity index (χ0) is 25.2. The number of hydrogen-bond donors (Lipinski definition) is 1. The molecule has 3 aromatic carbocycles. The second-order valence-electron chi connectivity index (χ2n) is 9.30. The van der Waals surface area contributed by atoms with Gasteiger partial charge in [0.2, 0.25) is 5.91 Å². The highest BCUT2D eigenvalue weighted by Gasteiger charge is 2.32. The Morgan fingerprint density at radius 2 is 1.47 bits per heavy atom. The molecule has 36 heavy (non-hydrogen) atoms. The fraction of sp³-hybridized carbons (Fsp3) is 0.333. The molecule has 1 fully saturated rings. The Balaban J connectivity index is 1.58. The molecule has 6 heteroatoms. The first-order valence-corrected chi connectivity index (χ1v) is 12.6. The third-order valence-electron chi connectivity index (χ3n) is 6.59. The van der Waals surface area contributed by atoms with Crippen LogP contribution in [0.25, 0.3) is 0 Å². The summed E-state index contributed by atoms with van der Waals surface area (Å²) in [5.41, 5.74) is 1.91. The van der Waals surface area contributed by atoms with Gasteiger partial charge in [-0.3, -0.25) is 9.59 Å². The molecule has 0 unspecified atom stereocenters. The highest BCUT2D eigenvalue weighted by atomic mass is 19.1. The van der Waals surface area contributed by atoms with Gasteiger partial charge in [-0.1, -0.05) is 79.9 Å². The van der Waals surface area contributed by atoms with E-state index >= 15 is 0 Å². The van der Waals surface area contributed by atoms with Crippen LogP contribution >= 0.6 is 0 Å². The summed E-state index contributed by atoms with van der Waals surface area (Å²) in [6.45, 7) is 0.0303. The topological polar surface area (TPSA) is 58.6 Å². The van der Waals surface area contributed by atoms with Crippen LogP contribution in [-0.2, 0) is 22.6 Å². The summed E-state index contributed by atoms with van der Waals surface area (Å²) in [6, 6.07) is 24.4. The monoisotopic (exact) mass is 488 g/mol. The number of nitrogens with zero attached hydrogens (tertiary/aromatic N) is 1.